The molecule has 3 aromatic rings. The van der Waals surface area contributed by atoms with Crippen molar-refractivity contribution in [3.63, 3.8) is 0 Å². The molecule has 2 aromatic carbocycles. The average Bonchev–Trinajstić information content (AvgIpc) is 3.43. The molecule has 1 aliphatic rings. The van der Waals surface area contributed by atoms with Gasteiger partial charge < -0.3 is 14.2 Å². The van der Waals surface area contributed by atoms with Crippen molar-refractivity contribution in [1.82, 2.24) is 9.55 Å². The van der Waals surface area contributed by atoms with Gasteiger partial charge in [-0.25, -0.2) is 4.98 Å². The number of carbonyl (C=O) groups is 1. The molecule has 1 amide bonds. The second kappa shape index (κ2) is 9.54. The number of sulfonamides is 1. The zero-order chi connectivity index (χ0) is 23.6. The summed E-state index contributed by atoms with van der Waals surface area (Å²) >= 11 is 6.01. The Hall–Kier alpha value is -2.88. The maximum absolute atomic E-state index is 13.6. The highest BCUT2D eigenvalue weighted by atomic mass is 35.5. The van der Waals surface area contributed by atoms with E-state index in [4.69, 9.17) is 16.3 Å². The van der Waals surface area contributed by atoms with Gasteiger partial charge in [-0.3, -0.25) is 9.10 Å². The first-order chi connectivity index (χ1) is 15.8. The van der Waals surface area contributed by atoms with E-state index in [1.165, 1.54) is 16.8 Å². The third-order valence-electron chi connectivity index (χ3n) is 5.55. The zero-order valence-corrected chi connectivity index (χ0v) is 20.0. The van der Waals surface area contributed by atoms with E-state index in [0.717, 1.165) is 23.2 Å². The molecule has 0 unspecified atom stereocenters. The molecule has 1 aliphatic heterocycles. The number of fused-ring (bicyclic) bond motifs is 1. The Kier molecular flexibility index (Phi) is 6.73. The van der Waals surface area contributed by atoms with E-state index < -0.39 is 10.0 Å². The largest absolute Gasteiger partial charge is 0.384 e. The number of hydrogen-bond donors (Lipinski definition) is 0. The number of carbonyl (C=O) groups excluding carboxylic acids is 1. The van der Waals surface area contributed by atoms with Crippen molar-refractivity contribution in [1.29, 1.82) is 0 Å². The summed E-state index contributed by atoms with van der Waals surface area (Å²) in [5.41, 5.74) is 2.96. The molecular formula is C23H25ClN4O4S. The van der Waals surface area contributed by atoms with Crippen LogP contribution in [0.3, 0.4) is 0 Å². The first-order valence-electron chi connectivity index (χ1n) is 10.5. The van der Waals surface area contributed by atoms with Gasteiger partial charge in [0.1, 0.15) is 0 Å². The molecule has 0 aliphatic carbocycles. The number of imidazole rings is 1. The topological polar surface area (TPSA) is 84.7 Å². The number of anilines is 2. The van der Waals surface area contributed by atoms with Gasteiger partial charge in [0.2, 0.25) is 5.91 Å². The number of rotatable bonds is 8. The summed E-state index contributed by atoms with van der Waals surface area (Å²) in [4.78, 5) is 18.5. The predicted molar refractivity (Wildman–Crippen MR) is 127 cm³/mol. The second-order valence-corrected chi connectivity index (χ2v) is 10.1. The van der Waals surface area contributed by atoms with E-state index in [1.807, 2.05) is 6.07 Å². The molecule has 2 heterocycles. The van der Waals surface area contributed by atoms with Crippen molar-refractivity contribution in [3.05, 3.63) is 71.1 Å². The summed E-state index contributed by atoms with van der Waals surface area (Å²) in [7, 11) is -0.693. The van der Waals surface area contributed by atoms with Crippen LogP contribution >= 0.6 is 11.6 Å². The van der Waals surface area contributed by atoms with Gasteiger partial charge in [0, 0.05) is 37.6 Å². The van der Waals surface area contributed by atoms with Crippen LogP contribution in [0.25, 0.3) is 0 Å². The first-order valence-corrected chi connectivity index (χ1v) is 12.3. The maximum atomic E-state index is 13.6. The summed E-state index contributed by atoms with van der Waals surface area (Å²) in [5.74, 6) is -0.0513. The van der Waals surface area contributed by atoms with Crippen LogP contribution in [0.4, 0.5) is 11.4 Å². The van der Waals surface area contributed by atoms with Gasteiger partial charge >= 0.3 is 0 Å². The minimum absolute atomic E-state index is 0.0486. The fraction of sp³-hybridized carbons (Fsp3) is 0.304. The Morgan fingerprint density at radius 3 is 2.64 bits per heavy atom. The Bertz CT molecular complexity index is 1260. The van der Waals surface area contributed by atoms with Crippen LogP contribution in [0.15, 0.2) is 60.0 Å². The Morgan fingerprint density at radius 1 is 1.21 bits per heavy atom. The molecule has 0 fully saturated rings. The molecule has 0 N–H and O–H groups in total. The highest BCUT2D eigenvalue weighted by Crippen LogP contribution is 2.35. The van der Waals surface area contributed by atoms with Crippen molar-refractivity contribution >= 4 is 38.9 Å². The van der Waals surface area contributed by atoms with Crippen LogP contribution in [0, 0.1) is 0 Å². The van der Waals surface area contributed by atoms with Crippen molar-refractivity contribution in [2.45, 2.75) is 24.4 Å². The summed E-state index contributed by atoms with van der Waals surface area (Å²) in [6.07, 6.45) is 3.91. The number of halogens is 1. The smallest absolute Gasteiger partial charge is 0.283 e. The summed E-state index contributed by atoms with van der Waals surface area (Å²) in [6.45, 7) is 0.985. The lowest BCUT2D eigenvalue weighted by molar-refractivity contribution is -0.119. The van der Waals surface area contributed by atoms with Crippen LogP contribution in [0.1, 0.15) is 17.5 Å². The summed E-state index contributed by atoms with van der Waals surface area (Å²) in [5, 5.41) is 0.521. The van der Waals surface area contributed by atoms with E-state index in [0.29, 0.717) is 23.9 Å². The van der Waals surface area contributed by atoms with Crippen LogP contribution in [-0.2, 0) is 39.6 Å². The molecule has 0 atom stereocenters. The molecule has 0 saturated carbocycles. The Labute approximate surface area is 198 Å². The highest BCUT2D eigenvalue weighted by molar-refractivity contribution is 7.92. The monoisotopic (exact) mass is 488 g/mol. The lowest BCUT2D eigenvalue weighted by Crippen LogP contribution is -2.32. The van der Waals surface area contributed by atoms with Crippen molar-refractivity contribution in [2.75, 3.05) is 29.5 Å². The Balaban J connectivity index is 1.74. The van der Waals surface area contributed by atoms with Gasteiger partial charge in [-0.2, -0.15) is 8.42 Å². The van der Waals surface area contributed by atoms with E-state index in [2.05, 4.69) is 4.98 Å². The molecule has 0 saturated heterocycles. The second-order valence-electron chi connectivity index (χ2n) is 7.87. The molecule has 1 aromatic heterocycles. The van der Waals surface area contributed by atoms with Gasteiger partial charge in [0.05, 0.1) is 31.6 Å². The third-order valence-corrected chi connectivity index (χ3v) is 7.46. The molecular weight excluding hydrogens is 464 g/mol. The van der Waals surface area contributed by atoms with Gasteiger partial charge in [-0.1, -0.05) is 29.8 Å². The van der Waals surface area contributed by atoms with Crippen LogP contribution in [0.5, 0.6) is 0 Å². The number of hydrogen-bond acceptors (Lipinski definition) is 5. The lowest BCUT2D eigenvalue weighted by atomic mass is 10.1. The van der Waals surface area contributed by atoms with Crippen LogP contribution in [-0.4, -0.2) is 44.1 Å². The number of ether oxygens (including phenoxy) is 1. The van der Waals surface area contributed by atoms with Crippen molar-refractivity contribution in [3.8, 4) is 0 Å². The quantitative estimate of drug-likeness (QED) is 0.485. The SMILES string of the molecule is COCCC(=O)N1CCc2ccc(N(Cc3ccc(Cl)cc3)S(=O)(=O)c3cn(C)cn3)cc21. The first kappa shape index (κ1) is 23.3. The van der Waals surface area contributed by atoms with Gasteiger partial charge in [0.15, 0.2) is 5.03 Å². The van der Waals surface area contributed by atoms with Crippen LogP contribution < -0.4 is 9.21 Å². The number of benzene rings is 2. The predicted octanol–water partition coefficient (Wildman–Crippen LogP) is 3.39. The molecule has 0 spiro atoms. The zero-order valence-electron chi connectivity index (χ0n) is 18.4. The van der Waals surface area contributed by atoms with E-state index >= 15 is 0 Å². The molecule has 33 heavy (non-hydrogen) atoms. The van der Waals surface area contributed by atoms with E-state index in [-0.39, 0.29) is 23.9 Å². The molecule has 0 radical (unpaired) electrons. The molecule has 0 bridgehead atoms. The van der Waals surface area contributed by atoms with Gasteiger partial charge in [-0.15, -0.1) is 0 Å². The normalized spacial score (nSPS) is 13.2. The average molecular weight is 489 g/mol. The summed E-state index contributed by atoms with van der Waals surface area (Å²) in [6, 6.07) is 12.5. The minimum atomic E-state index is -3.97. The fourth-order valence-electron chi connectivity index (χ4n) is 3.81. The number of aromatic nitrogens is 2. The standard InChI is InChI=1S/C23H25ClN4O4S/c1-26-15-22(25-16-26)33(30,31)28(14-17-3-6-19(24)7-4-17)20-8-5-18-9-11-27(21(18)13-20)23(29)10-12-32-2/h3-8,13,15-16H,9-12,14H2,1-2H3. The van der Waals surface area contributed by atoms with Crippen molar-refractivity contribution < 1.29 is 17.9 Å². The molecule has 8 nitrogen and oxygen atoms in total. The Morgan fingerprint density at radius 2 is 1.97 bits per heavy atom. The lowest BCUT2D eigenvalue weighted by Gasteiger charge is -2.25. The van der Waals surface area contributed by atoms with Crippen LogP contribution in [0.2, 0.25) is 5.02 Å². The van der Waals surface area contributed by atoms with E-state index in [1.54, 1.807) is 60.0 Å². The third kappa shape index (κ3) is 4.90. The number of nitrogens with zero attached hydrogens (tertiary/aromatic N) is 4. The maximum Gasteiger partial charge on any atom is 0.283 e. The highest BCUT2D eigenvalue weighted by Gasteiger charge is 2.30. The number of methoxy groups -OCH3 is 1. The van der Waals surface area contributed by atoms with E-state index in [9.17, 15) is 13.2 Å². The molecule has 174 valence electrons. The summed E-state index contributed by atoms with van der Waals surface area (Å²) < 4.78 is 35.1. The molecule has 4 rings (SSSR count). The van der Waals surface area contributed by atoms with Crippen molar-refractivity contribution in [2.24, 2.45) is 7.05 Å². The fourth-order valence-corrected chi connectivity index (χ4v) is 5.35. The minimum Gasteiger partial charge on any atom is -0.384 e. The number of aryl methyl sites for hydroxylation is 1. The molecule has 10 heteroatoms. The van der Waals surface area contributed by atoms with Gasteiger partial charge in [-0.05, 0) is 41.8 Å². The van der Waals surface area contributed by atoms with Gasteiger partial charge in [0.25, 0.3) is 10.0 Å². The number of amides is 1.